The maximum absolute atomic E-state index is 12.1. The summed E-state index contributed by atoms with van der Waals surface area (Å²) >= 11 is 1.39. The Bertz CT molecular complexity index is 1080. The molecule has 0 unspecified atom stereocenters. The summed E-state index contributed by atoms with van der Waals surface area (Å²) in [6.07, 6.45) is -0.0713. The molecular formula is C21H19N3O6S. The number of amides is 1. The molecule has 160 valence electrons. The van der Waals surface area contributed by atoms with Crippen molar-refractivity contribution in [2.45, 2.75) is 13.3 Å². The number of nitrogens with zero attached hydrogens (tertiary/aromatic N) is 2. The van der Waals surface area contributed by atoms with Crippen LogP contribution in [0.1, 0.15) is 12.6 Å². The molecule has 10 heteroatoms. The highest BCUT2D eigenvalue weighted by atomic mass is 32.1. The summed E-state index contributed by atoms with van der Waals surface area (Å²) in [6.45, 7) is 1.96. The van der Waals surface area contributed by atoms with Gasteiger partial charge in [0.05, 0.1) is 29.2 Å². The van der Waals surface area contributed by atoms with Crippen LogP contribution in [0.25, 0.3) is 10.6 Å². The molecule has 1 aromatic heterocycles. The van der Waals surface area contributed by atoms with Gasteiger partial charge in [0, 0.05) is 23.2 Å². The van der Waals surface area contributed by atoms with Crippen molar-refractivity contribution in [3.63, 3.8) is 0 Å². The largest absolute Gasteiger partial charge is 0.493 e. The molecule has 9 nitrogen and oxygen atoms in total. The van der Waals surface area contributed by atoms with Crippen molar-refractivity contribution in [1.29, 1.82) is 0 Å². The number of benzene rings is 2. The van der Waals surface area contributed by atoms with E-state index in [1.54, 1.807) is 5.38 Å². The zero-order valence-electron chi connectivity index (χ0n) is 16.6. The fourth-order valence-corrected chi connectivity index (χ4v) is 3.49. The third kappa shape index (κ3) is 6.09. The fourth-order valence-electron chi connectivity index (χ4n) is 2.65. The number of hydrogen-bond donors (Lipinski definition) is 1. The zero-order valence-corrected chi connectivity index (χ0v) is 17.4. The Morgan fingerprint density at radius 1 is 1.16 bits per heavy atom. The number of rotatable bonds is 9. The van der Waals surface area contributed by atoms with Crippen molar-refractivity contribution < 1.29 is 24.0 Å². The fraction of sp³-hybridized carbons (Fsp3) is 0.190. The Balaban J connectivity index is 1.51. The molecule has 0 saturated heterocycles. The highest BCUT2D eigenvalue weighted by Crippen LogP contribution is 2.32. The first-order chi connectivity index (χ1) is 15.0. The maximum atomic E-state index is 12.1. The van der Waals surface area contributed by atoms with Gasteiger partial charge in [0.25, 0.3) is 11.6 Å². The summed E-state index contributed by atoms with van der Waals surface area (Å²) in [5.41, 5.74) is 1.66. The molecule has 2 aromatic carbocycles. The van der Waals surface area contributed by atoms with Gasteiger partial charge < -0.3 is 14.8 Å². The van der Waals surface area contributed by atoms with Gasteiger partial charge in [-0.15, -0.1) is 11.3 Å². The Kier molecular flexibility index (Phi) is 7.28. The highest BCUT2D eigenvalue weighted by Gasteiger charge is 2.14. The second-order valence-electron chi connectivity index (χ2n) is 6.26. The number of carbonyl (C=O) groups excluding carboxylic acids is 2. The number of non-ortho nitro benzene ring substituents is 1. The third-order valence-electron chi connectivity index (χ3n) is 4.02. The van der Waals surface area contributed by atoms with Crippen molar-refractivity contribution in [1.82, 2.24) is 4.98 Å². The summed E-state index contributed by atoms with van der Waals surface area (Å²) in [6, 6.07) is 12.9. The second-order valence-corrected chi connectivity index (χ2v) is 7.12. The molecule has 1 N–H and O–H groups in total. The monoisotopic (exact) mass is 441 g/mol. The van der Waals surface area contributed by atoms with E-state index in [-0.39, 0.29) is 12.1 Å². The number of para-hydroxylation sites is 1. The van der Waals surface area contributed by atoms with Crippen LogP contribution in [0.4, 0.5) is 11.4 Å². The minimum Gasteiger partial charge on any atom is -0.493 e. The standard InChI is InChI=1S/C21H19N3O6S/c1-2-29-18-6-4-3-5-17(18)21-23-15(13-31-21)11-20(26)30-12-19(25)22-14-7-9-16(10-8-14)24(27)28/h3-10,13H,2,11-12H2,1H3,(H,22,25). The van der Waals surface area contributed by atoms with E-state index in [0.29, 0.717) is 18.0 Å². The molecule has 0 fully saturated rings. The van der Waals surface area contributed by atoms with E-state index < -0.39 is 23.4 Å². The number of carbonyl (C=O) groups is 2. The average Bonchev–Trinajstić information content (AvgIpc) is 3.21. The molecule has 0 spiro atoms. The van der Waals surface area contributed by atoms with Gasteiger partial charge in [0.15, 0.2) is 6.61 Å². The number of nitrogens with one attached hydrogen (secondary N) is 1. The van der Waals surface area contributed by atoms with Crippen LogP contribution in [0.2, 0.25) is 0 Å². The van der Waals surface area contributed by atoms with E-state index >= 15 is 0 Å². The summed E-state index contributed by atoms with van der Waals surface area (Å²) in [4.78, 5) is 38.6. The van der Waals surface area contributed by atoms with Gasteiger partial charge in [-0.2, -0.15) is 0 Å². The summed E-state index contributed by atoms with van der Waals surface area (Å²) in [7, 11) is 0. The van der Waals surface area contributed by atoms with Gasteiger partial charge in [-0.25, -0.2) is 4.98 Å². The molecule has 0 aliphatic carbocycles. The molecule has 0 aliphatic heterocycles. The molecule has 0 aliphatic rings. The quantitative estimate of drug-likeness (QED) is 0.304. The third-order valence-corrected chi connectivity index (χ3v) is 4.95. The van der Waals surface area contributed by atoms with Crippen LogP contribution in [-0.4, -0.2) is 35.0 Å². The number of thiazole rings is 1. The van der Waals surface area contributed by atoms with Gasteiger partial charge in [0.1, 0.15) is 10.8 Å². The van der Waals surface area contributed by atoms with E-state index in [1.807, 2.05) is 31.2 Å². The molecule has 1 heterocycles. The second kappa shape index (κ2) is 10.3. The van der Waals surface area contributed by atoms with E-state index in [9.17, 15) is 19.7 Å². The van der Waals surface area contributed by atoms with E-state index in [0.717, 1.165) is 16.3 Å². The lowest BCUT2D eigenvalue weighted by Crippen LogP contribution is -2.21. The summed E-state index contributed by atoms with van der Waals surface area (Å²) in [5, 5.41) is 15.6. The number of anilines is 1. The van der Waals surface area contributed by atoms with Gasteiger partial charge in [-0.05, 0) is 31.2 Å². The lowest BCUT2D eigenvalue weighted by molar-refractivity contribution is -0.384. The first kappa shape index (κ1) is 21.9. The lowest BCUT2D eigenvalue weighted by atomic mass is 10.2. The van der Waals surface area contributed by atoms with Crippen LogP contribution in [0, 0.1) is 10.1 Å². The number of nitro benzene ring substituents is 1. The Labute approximate surface area is 181 Å². The normalized spacial score (nSPS) is 10.4. The first-order valence-corrected chi connectivity index (χ1v) is 10.2. The van der Waals surface area contributed by atoms with Crippen LogP contribution in [0.5, 0.6) is 5.75 Å². The van der Waals surface area contributed by atoms with Gasteiger partial charge in [-0.3, -0.25) is 19.7 Å². The summed E-state index contributed by atoms with van der Waals surface area (Å²) < 4.78 is 10.6. The molecule has 0 saturated carbocycles. The van der Waals surface area contributed by atoms with Crippen LogP contribution in [0.3, 0.4) is 0 Å². The first-order valence-electron chi connectivity index (χ1n) is 9.32. The molecule has 3 aromatic rings. The van der Waals surface area contributed by atoms with Gasteiger partial charge in [-0.1, -0.05) is 12.1 Å². The van der Waals surface area contributed by atoms with Gasteiger partial charge in [0.2, 0.25) is 0 Å². The SMILES string of the molecule is CCOc1ccccc1-c1nc(CC(=O)OCC(=O)Nc2ccc([N+](=O)[O-])cc2)cs1. The predicted molar refractivity (Wildman–Crippen MR) is 115 cm³/mol. The minimum absolute atomic E-state index is 0.0713. The number of hydrogen-bond acceptors (Lipinski definition) is 8. The Morgan fingerprint density at radius 2 is 1.90 bits per heavy atom. The molecule has 0 bridgehead atoms. The molecule has 0 atom stereocenters. The van der Waals surface area contributed by atoms with Crippen molar-refractivity contribution in [2.75, 3.05) is 18.5 Å². The van der Waals surface area contributed by atoms with Crippen LogP contribution >= 0.6 is 11.3 Å². The topological polar surface area (TPSA) is 121 Å². The average molecular weight is 441 g/mol. The Hall–Kier alpha value is -3.79. The highest BCUT2D eigenvalue weighted by molar-refractivity contribution is 7.13. The molecule has 1 amide bonds. The smallest absolute Gasteiger partial charge is 0.312 e. The minimum atomic E-state index is -0.589. The molecule has 3 rings (SSSR count). The number of ether oxygens (including phenoxy) is 2. The van der Waals surface area contributed by atoms with Crippen LogP contribution in [0.15, 0.2) is 53.9 Å². The molecule has 31 heavy (non-hydrogen) atoms. The van der Waals surface area contributed by atoms with E-state index in [4.69, 9.17) is 9.47 Å². The number of nitro groups is 1. The summed E-state index contributed by atoms with van der Waals surface area (Å²) in [5.74, 6) is -0.419. The van der Waals surface area contributed by atoms with E-state index in [2.05, 4.69) is 10.3 Å². The van der Waals surface area contributed by atoms with Crippen molar-refractivity contribution in [3.8, 4) is 16.3 Å². The molecule has 0 radical (unpaired) electrons. The van der Waals surface area contributed by atoms with Crippen molar-refractivity contribution >= 4 is 34.6 Å². The van der Waals surface area contributed by atoms with E-state index in [1.165, 1.54) is 35.6 Å². The van der Waals surface area contributed by atoms with Crippen LogP contribution in [-0.2, 0) is 20.7 Å². The van der Waals surface area contributed by atoms with Gasteiger partial charge >= 0.3 is 5.97 Å². The van der Waals surface area contributed by atoms with Crippen molar-refractivity contribution in [3.05, 3.63) is 69.7 Å². The number of esters is 1. The zero-order chi connectivity index (χ0) is 22.2. The predicted octanol–water partition coefficient (Wildman–Crippen LogP) is 3.84. The Morgan fingerprint density at radius 3 is 2.61 bits per heavy atom. The van der Waals surface area contributed by atoms with Crippen LogP contribution < -0.4 is 10.1 Å². The maximum Gasteiger partial charge on any atom is 0.312 e. The van der Waals surface area contributed by atoms with Crippen molar-refractivity contribution in [2.24, 2.45) is 0 Å². The molecular weight excluding hydrogens is 422 g/mol. The lowest BCUT2D eigenvalue weighted by Gasteiger charge is -2.07. The number of aromatic nitrogens is 1.